The third kappa shape index (κ3) is 11.0. The number of rotatable bonds is 21. The quantitative estimate of drug-likeness (QED) is 0.160. The summed E-state index contributed by atoms with van der Waals surface area (Å²) in [5.74, 6) is 0.777. The van der Waals surface area contributed by atoms with Crippen LogP contribution in [0.1, 0.15) is 159 Å². The van der Waals surface area contributed by atoms with Crippen molar-refractivity contribution in [1.82, 2.24) is 0 Å². The molecule has 214 valence electrons. The van der Waals surface area contributed by atoms with Crippen molar-refractivity contribution in [3.63, 3.8) is 0 Å². The van der Waals surface area contributed by atoms with Gasteiger partial charge in [-0.25, -0.2) is 0 Å². The minimum absolute atomic E-state index is 0.190. The molecule has 0 spiro atoms. The summed E-state index contributed by atoms with van der Waals surface area (Å²) in [5, 5.41) is 20.8. The summed E-state index contributed by atoms with van der Waals surface area (Å²) in [7, 11) is 0. The van der Waals surface area contributed by atoms with E-state index in [-0.39, 0.29) is 5.41 Å². The van der Waals surface area contributed by atoms with Crippen molar-refractivity contribution in [3.05, 3.63) is 58.7 Å². The normalized spacial score (nSPS) is 11.8. The number of hydrogen-bond donors (Lipinski definition) is 2. The average Bonchev–Trinajstić information content (AvgIpc) is 2.90. The number of phenols is 2. The number of benzene rings is 2. The Morgan fingerprint density at radius 3 is 1.39 bits per heavy atom. The molecule has 0 unspecified atom stereocenters. The first kappa shape index (κ1) is 32.3. The molecule has 0 aromatic heterocycles. The van der Waals surface area contributed by atoms with Crippen LogP contribution in [0.2, 0.25) is 0 Å². The summed E-state index contributed by atoms with van der Waals surface area (Å²) < 4.78 is 0. The first-order valence-electron chi connectivity index (χ1n) is 16.1. The maximum absolute atomic E-state index is 10.9. The maximum Gasteiger partial charge on any atom is 0.119 e. The molecule has 0 amide bonds. The van der Waals surface area contributed by atoms with Crippen molar-refractivity contribution in [2.45, 2.75) is 155 Å². The van der Waals surface area contributed by atoms with E-state index in [1.54, 1.807) is 12.1 Å². The molecule has 0 aliphatic carbocycles. The Balaban J connectivity index is 2.01. The van der Waals surface area contributed by atoms with Crippen molar-refractivity contribution < 1.29 is 10.2 Å². The van der Waals surface area contributed by atoms with Gasteiger partial charge in [0.05, 0.1) is 0 Å². The van der Waals surface area contributed by atoms with Crippen LogP contribution in [0.3, 0.4) is 0 Å². The van der Waals surface area contributed by atoms with Gasteiger partial charge < -0.3 is 10.2 Å². The molecule has 0 radical (unpaired) electrons. The van der Waals surface area contributed by atoms with E-state index in [9.17, 15) is 10.2 Å². The van der Waals surface area contributed by atoms with E-state index in [1.165, 1.54) is 125 Å². The molecule has 2 heteroatoms. The first-order valence-corrected chi connectivity index (χ1v) is 16.1. The second-order valence-electron chi connectivity index (χ2n) is 12.1. The summed E-state index contributed by atoms with van der Waals surface area (Å²) in [6.45, 7) is 9.10. The van der Waals surface area contributed by atoms with E-state index in [4.69, 9.17) is 0 Å². The Bertz CT molecular complexity index is 881. The van der Waals surface area contributed by atoms with Gasteiger partial charge in [-0.1, -0.05) is 142 Å². The lowest BCUT2D eigenvalue weighted by molar-refractivity contribution is 0.462. The predicted octanol–water partition coefficient (Wildman–Crippen LogP) is 11.2. The van der Waals surface area contributed by atoms with Gasteiger partial charge in [0.15, 0.2) is 0 Å². The highest BCUT2D eigenvalue weighted by Gasteiger charge is 2.28. The molecule has 38 heavy (non-hydrogen) atoms. The van der Waals surface area contributed by atoms with Crippen molar-refractivity contribution in [1.29, 1.82) is 0 Å². The molecule has 0 aliphatic heterocycles. The standard InChI is InChI=1S/C36H58O2/c1-5-7-9-11-12-13-14-15-16-17-19-20-22-32-33(23-21-18-10-8-6-2)35(38)29-28-34(32)36(3,4)30-24-26-31(37)27-25-30/h24-29,37-38H,5-23H2,1-4H3. The second kappa shape index (κ2) is 18.3. The summed E-state index contributed by atoms with van der Waals surface area (Å²) in [6, 6.07) is 11.7. The number of phenolic OH excluding ortho intramolecular Hbond substituents is 2. The largest absolute Gasteiger partial charge is 0.508 e. The molecule has 2 aromatic rings. The average molecular weight is 523 g/mol. The fourth-order valence-corrected chi connectivity index (χ4v) is 5.91. The molecule has 0 atom stereocenters. The van der Waals surface area contributed by atoms with Crippen LogP contribution in [0.4, 0.5) is 0 Å². The molecule has 2 rings (SSSR count). The molecule has 2 N–H and O–H groups in total. The Hall–Kier alpha value is -1.96. The fourth-order valence-electron chi connectivity index (χ4n) is 5.91. The van der Waals surface area contributed by atoms with Crippen LogP contribution in [0.5, 0.6) is 11.5 Å². The van der Waals surface area contributed by atoms with Crippen LogP contribution >= 0.6 is 0 Å². The highest BCUT2D eigenvalue weighted by atomic mass is 16.3. The zero-order valence-electron chi connectivity index (χ0n) is 25.3. The SMILES string of the molecule is CCCCCCCCCCCCCCc1c(C(C)(C)c2ccc(O)cc2)ccc(O)c1CCCCCCC. The number of aromatic hydroxyl groups is 2. The third-order valence-corrected chi connectivity index (χ3v) is 8.48. The van der Waals surface area contributed by atoms with Crippen LogP contribution in [0.25, 0.3) is 0 Å². The zero-order chi connectivity index (χ0) is 27.6. The lowest BCUT2D eigenvalue weighted by atomic mass is 9.73. The molecule has 0 fully saturated rings. The van der Waals surface area contributed by atoms with Gasteiger partial charge in [0.1, 0.15) is 11.5 Å². The predicted molar refractivity (Wildman–Crippen MR) is 166 cm³/mol. The minimum atomic E-state index is -0.190. The Labute approximate surface area is 235 Å². The summed E-state index contributed by atoms with van der Waals surface area (Å²) >= 11 is 0. The van der Waals surface area contributed by atoms with E-state index in [0.717, 1.165) is 19.3 Å². The highest BCUT2D eigenvalue weighted by Crippen LogP contribution is 2.39. The van der Waals surface area contributed by atoms with Crippen molar-refractivity contribution in [3.8, 4) is 11.5 Å². The van der Waals surface area contributed by atoms with E-state index in [1.807, 2.05) is 18.2 Å². The monoisotopic (exact) mass is 522 g/mol. The van der Waals surface area contributed by atoms with Gasteiger partial charge in [0, 0.05) is 5.41 Å². The molecule has 0 bridgehead atoms. The van der Waals surface area contributed by atoms with Crippen molar-refractivity contribution in [2.24, 2.45) is 0 Å². The van der Waals surface area contributed by atoms with Gasteiger partial charge >= 0.3 is 0 Å². The van der Waals surface area contributed by atoms with Crippen molar-refractivity contribution in [2.75, 3.05) is 0 Å². The Morgan fingerprint density at radius 2 is 0.921 bits per heavy atom. The van der Waals surface area contributed by atoms with Gasteiger partial charge in [-0.3, -0.25) is 0 Å². The Morgan fingerprint density at radius 1 is 0.500 bits per heavy atom. The maximum atomic E-state index is 10.9. The van der Waals surface area contributed by atoms with Crippen LogP contribution in [0.15, 0.2) is 36.4 Å². The summed E-state index contributed by atoms with van der Waals surface area (Å²) in [5.41, 5.74) is 4.88. The molecule has 0 aliphatic rings. The molecule has 2 aromatic carbocycles. The molecule has 0 heterocycles. The lowest BCUT2D eigenvalue weighted by Crippen LogP contribution is -2.22. The molecule has 0 saturated heterocycles. The van der Waals surface area contributed by atoms with E-state index in [0.29, 0.717) is 11.5 Å². The van der Waals surface area contributed by atoms with Gasteiger partial charge in [0.25, 0.3) is 0 Å². The topological polar surface area (TPSA) is 40.5 Å². The van der Waals surface area contributed by atoms with Crippen LogP contribution in [-0.2, 0) is 18.3 Å². The fraction of sp³-hybridized carbons (Fsp3) is 0.667. The van der Waals surface area contributed by atoms with Gasteiger partial charge in [-0.15, -0.1) is 0 Å². The number of unbranched alkanes of at least 4 members (excludes halogenated alkanes) is 15. The lowest BCUT2D eigenvalue weighted by Gasteiger charge is -2.30. The van der Waals surface area contributed by atoms with Crippen LogP contribution < -0.4 is 0 Å². The van der Waals surface area contributed by atoms with Gasteiger partial charge in [0.2, 0.25) is 0 Å². The molecular weight excluding hydrogens is 464 g/mol. The smallest absolute Gasteiger partial charge is 0.119 e. The first-order chi connectivity index (χ1) is 18.4. The summed E-state index contributed by atoms with van der Waals surface area (Å²) in [6.07, 6.45) is 24.5. The van der Waals surface area contributed by atoms with Crippen LogP contribution in [-0.4, -0.2) is 10.2 Å². The minimum Gasteiger partial charge on any atom is -0.508 e. The summed E-state index contributed by atoms with van der Waals surface area (Å²) in [4.78, 5) is 0. The molecular formula is C36H58O2. The second-order valence-corrected chi connectivity index (χ2v) is 12.1. The van der Waals surface area contributed by atoms with E-state index < -0.39 is 0 Å². The van der Waals surface area contributed by atoms with Gasteiger partial charge in [-0.2, -0.15) is 0 Å². The molecule has 0 saturated carbocycles. The van der Waals surface area contributed by atoms with Crippen LogP contribution in [0, 0.1) is 0 Å². The number of hydrogen-bond acceptors (Lipinski definition) is 2. The highest BCUT2D eigenvalue weighted by molar-refractivity contribution is 5.51. The molecule has 2 nitrogen and oxygen atoms in total. The van der Waals surface area contributed by atoms with E-state index in [2.05, 4.69) is 33.8 Å². The van der Waals surface area contributed by atoms with Gasteiger partial charge in [-0.05, 0) is 66.1 Å². The zero-order valence-corrected chi connectivity index (χ0v) is 25.3. The third-order valence-electron chi connectivity index (χ3n) is 8.48. The van der Waals surface area contributed by atoms with Crippen molar-refractivity contribution >= 4 is 0 Å². The Kier molecular flexibility index (Phi) is 15.6. The van der Waals surface area contributed by atoms with E-state index >= 15 is 0 Å².